The molecule has 1 heterocycles. The van der Waals surface area contributed by atoms with Gasteiger partial charge in [0.15, 0.2) is 6.61 Å². The Bertz CT molecular complexity index is 1170. The number of rotatable bonds is 12. The van der Waals surface area contributed by atoms with Crippen LogP contribution in [0.1, 0.15) is 36.1 Å². The molecule has 1 fully saturated rings. The molecule has 194 valence electrons. The second kappa shape index (κ2) is 12.5. The zero-order valence-corrected chi connectivity index (χ0v) is 20.7. The van der Waals surface area contributed by atoms with E-state index in [2.05, 4.69) is 5.32 Å². The summed E-state index contributed by atoms with van der Waals surface area (Å²) in [5.74, 6) is -0.362. The number of carbonyl (C=O) groups excluding carboxylic acids is 2. The number of nitrogens with zero attached hydrogens (tertiary/aromatic N) is 1. The van der Waals surface area contributed by atoms with Crippen LogP contribution in [0.2, 0.25) is 0 Å². The van der Waals surface area contributed by atoms with Gasteiger partial charge in [-0.15, -0.1) is 0 Å². The summed E-state index contributed by atoms with van der Waals surface area (Å²) in [6.07, 6.45) is 0.0665. The summed E-state index contributed by atoms with van der Waals surface area (Å²) in [4.78, 5) is 26.9. The van der Waals surface area contributed by atoms with Crippen LogP contribution in [-0.4, -0.2) is 43.8 Å². The highest BCUT2D eigenvalue weighted by atomic mass is 19.1. The summed E-state index contributed by atoms with van der Waals surface area (Å²) in [5, 5.41) is 13.3. The number of anilines is 1. The first-order chi connectivity index (χ1) is 18.0. The molecule has 3 atom stereocenters. The van der Waals surface area contributed by atoms with E-state index in [0.717, 1.165) is 11.3 Å². The Labute approximate surface area is 215 Å². The van der Waals surface area contributed by atoms with Crippen molar-refractivity contribution in [3.8, 4) is 5.75 Å². The molecule has 7 nitrogen and oxygen atoms in total. The van der Waals surface area contributed by atoms with Gasteiger partial charge in [0.25, 0.3) is 5.91 Å². The van der Waals surface area contributed by atoms with Crippen LogP contribution in [0.3, 0.4) is 0 Å². The van der Waals surface area contributed by atoms with Gasteiger partial charge in [0.1, 0.15) is 11.6 Å². The van der Waals surface area contributed by atoms with Crippen LogP contribution in [0.25, 0.3) is 0 Å². The van der Waals surface area contributed by atoms with E-state index in [4.69, 9.17) is 9.47 Å². The lowest BCUT2D eigenvalue weighted by molar-refractivity contribution is -0.131. The topological polar surface area (TPSA) is 88.1 Å². The van der Waals surface area contributed by atoms with Crippen molar-refractivity contribution in [2.45, 2.75) is 25.0 Å². The monoisotopic (exact) mass is 506 g/mol. The molecule has 3 aromatic carbocycles. The van der Waals surface area contributed by atoms with Crippen molar-refractivity contribution < 1.29 is 28.6 Å². The number of carbonyl (C=O) groups is 2. The van der Waals surface area contributed by atoms with Crippen LogP contribution in [0.5, 0.6) is 5.75 Å². The molecule has 0 saturated carbocycles. The van der Waals surface area contributed by atoms with Gasteiger partial charge in [-0.05, 0) is 60.4 Å². The number of aliphatic hydroxyl groups is 1. The fraction of sp³-hybridized carbons (Fsp3) is 0.310. The minimum atomic E-state index is -0.786. The zero-order chi connectivity index (χ0) is 26.2. The van der Waals surface area contributed by atoms with Crippen LogP contribution in [0.4, 0.5) is 10.1 Å². The minimum absolute atomic E-state index is 0.00411. The van der Waals surface area contributed by atoms with Crippen LogP contribution >= 0.6 is 0 Å². The van der Waals surface area contributed by atoms with E-state index < -0.39 is 6.10 Å². The number of para-hydroxylation sites is 1. The molecule has 1 unspecified atom stereocenters. The molecule has 3 aromatic rings. The second-order valence-electron chi connectivity index (χ2n) is 8.94. The number of nitrogens with one attached hydrogen (secondary N) is 1. The number of ether oxygens (including phenoxy) is 2. The lowest BCUT2D eigenvalue weighted by Crippen LogP contribution is -2.55. The summed E-state index contributed by atoms with van der Waals surface area (Å²) in [6, 6.07) is 22.4. The molecule has 0 radical (unpaired) electrons. The van der Waals surface area contributed by atoms with Crippen LogP contribution in [0, 0.1) is 11.7 Å². The van der Waals surface area contributed by atoms with Crippen molar-refractivity contribution in [1.82, 2.24) is 5.32 Å². The van der Waals surface area contributed by atoms with E-state index in [1.165, 1.54) is 12.1 Å². The van der Waals surface area contributed by atoms with Crippen LogP contribution in [0.15, 0.2) is 78.9 Å². The lowest BCUT2D eigenvalue weighted by Gasteiger charge is -2.48. The number of hydrogen-bond donors (Lipinski definition) is 2. The average molecular weight is 507 g/mol. The van der Waals surface area contributed by atoms with Gasteiger partial charge in [-0.2, -0.15) is 0 Å². The van der Waals surface area contributed by atoms with Crippen molar-refractivity contribution in [2.24, 2.45) is 5.92 Å². The summed E-state index contributed by atoms with van der Waals surface area (Å²) in [5.41, 5.74) is 2.36. The molecule has 0 bridgehead atoms. The summed E-state index contributed by atoms with van der Waals surface area (Å²) < 4.78 is 23.7. The third-order valence-corrected chi connectivity index (χ3v) is 6.47. The number of β-lactam (4-membered cyclic amide) rings is 1. The lowest BCUT2D eigenvalue weighted by atomic mass is 9.78. The molecule has 0 spiro atoms. The maximum Gasteiger partial charge on any atom is 0.258 e. The fourth-order valence-electron chi connectivity index (χ4n) is 4.53. The second-order valence-corrected chi connectivity index (χ2v) is 8.94. The molecule has 1 saturated heterocycles. The number of hydrogen-bond acceptors (Lipinski definition) is 5. The zero-order valence-electron chi connectivity index (χ0n) is 20.7. The highest BCUT2D eigenvalue weighted by Gasteiger charge is 2.48. The van der Waals surface area contributed by atoms with Crippen LogP contribution < -0.4 is 15.0 Å². The van der Waals surface area contributed by atoms with Gasteiger partial charge < -0.3 is 24.8 Å². The smallest absolute Gasteiger partial charge is 0.258 e. The molecule has 0 aliphatic carbocycles. The van der Waals surface area contributed by atoms with Crippen molar-refractivity contribution >= 4 is 17.5 Å². The number of methoxy groups -OCH3 is 1. The predicted molar refractivity (Wildman–Crippen MR) is 138 cm³/mol. The fourth-order valence-corrected chi connectivity index (χ4v) is 4.53. The first-order valence-electron chi connectivity index (χ1n) is 12.3. The Morgan fingerprint density at radius 2 is 1.76 bits per heavy atom. The average Bonchev–Trinajstić information content (AvgIpc) is 2.92. The maximum absolute atomic E-state index is 13.2. The van der Waals surface area contributed by atoms with E-state index in [9.17, 15) is 19.1 Å². The van der Waals surface area contributed by atoms with Gasteiger partial charge in [0.05, 0.1) is 24.7 Å². The van der Waals surface area contributed by atoms with E-state index in [-0.39, 0.29) is 36.2 Å². The number of halogens is 1. The highest BCUT2D eigenvalue weighted by Crippen LogP contribution is 2.46. The molecule has 2 amide bonds. The van der Waals surface area contributed by atoms with Gasteiger partial charge in [0, 0.05) is 19.3 Å². The van der Waals surface area contributed by atoms with Gasteiger partial charge in [-0.1, -0.05) is 42.5 Å². The van der Waals surface area contributed by atoms with Crippen molar-refractivity contribution in [3.63, 3.8) is 0 Å². The van der Waals surface area contributed by atoms with Crippen molar-refractivity contribution in [2.75, 3.05) is 31.8 Å². The Morgan fingerprint density at radius 3 is 2.43 bits per heavy atom. The largest absolute Gasteiger partial charge is 0.484 e. The Balaban J connectivity index is 1.44. The molecule has 8 heteroatoms. The Hall–Kier alpha value is -3.75. The summed E-state index contributed by atoms with van der Waals surface area (Å²) >= 11 is 0. The Kier molecular flexibility index (Phi) is 8.87. The highest BCUT2D eigenvalue weighted by molar-refractivity contribution is 6.03. The molecular formula is C29H31FN2O5. The predicted octanol–water partition coefficient (Wildman–Crippen LogP) is 4.19. The minimum Gasteiger partial charge on any atom is -0.484 e. The van der Waals surface area contributed by atoms with Crippen molar-refractivity contribution in [3.05, 3.63) is 95.8 Å². The molecule has 0 aromatic heterocycles. The van der Waals surface area contributed by atoms with E-state index >= 15 is 0 Å². The number of amides is 2. The third kappa shape index (κ3) is 6.53. The number of aliphatic hydroxyl groups excluding tert-OH is 1. The summed E-state index contributed by atoms with van der Waals surface area (Å²) in [7, 11) is 1.57. The van der Waals surface area contributed by atoms with E-state index in [0.29, 0.717) is 37.3 Å². The van der Waals surface area contributed by atoms with Gasteiger partial charge in [-0.25, -0.2) is 4.39 Å². The van der Waals surface area contributed by atoms with Gasteiger partial charge >= 0.3 is 0 Å². The SMILES string of the molecule is COCCNC(=O)COc1ccc([C@@H]2[C@@H](CCC(O)c3ccc(F)cc3)C(=O)N2c2ccccc2)cc1. The van der Waals surface area contributed by atoms with Crippen LogP contribution in [-0.2, 0) is 14.3 Å². The Morgan fingerprint density at radius 1 is 1.05 bits per heavy atom. The molecule has 4 rings (SSSR count). The molecule has 2 N–H and O–H groups in total. The third-order valence-electron chi connectivity index (χ3n) is 6.47. The van der Waals surface area contributed by atoms with E-state index in [1.807, 2.05) is 42.5 Å². The van der Waals surface area contributed by atoms with Gasteiger partial charge in [-0.3, -0.25) is 9.59 Å². The quantitative estimate of drug-likeness (QED) is 0.284. The molecular weight excluding hydrogens is 475 g/mol. The molecule has 37 heavy (non-hydrogen) atoms. The first-order valence-corrected chi connectivity index (χ1v) is 12.3. The summed E-state index contributed by atoms with van der Waals surface area (Å²) in [6.45, 7) is 0.742. The normalized spacial score (nSPS) is 17.7. The van der Waals surface area contributed by atoms with Gasteiger partial charge in [0.2, 0.25) is 5.91 Å². The standard InChI is InChI=1S/C29H31FN2O5/c1-36-18-17-31-27(34)19-37-24-13-9-21(10-14-24)28-25(29(35)32(28)23-5-3-2-4-6-23)15-16-26(33)20-7-11-22(30)12-8-20/h2-14,25-26,28,33H,15-19H2,1H3,(H,31,34)/t25-,26?,28-/m1/s1. The van der Waals surface area contributed by atoms with Crippen molar-refractivity contribution in [1.29, 1.82) is 0 Å². The molecule has 1 aliphatic rings. The maximum atomic E-state index is 13.2. The number of benzene rings is 3. The molecule has 1 aliphatic heterocycles. The first kappa shape index (κ1) is 26.3. The van der Waals surface area contributed by atoms with E-state index in [1.54, 1.807) is 36.3 Å².